The Balaban J connectivity index is 1.96. The van der Waals surface area contributed by atoms with Crippen molar-refractivity contribution in [3.05, 3.63) is 63.0 Å². The highest BCUT2D eigenvalue weighted by Gasteiger charge is 2.31. The van der Waals surface area contributed by atoms with Crippen molar-refractivity contribution in [1.82, 2.24) is 4.98 Å². The summed E-state index contributed by atoms with van der Waals surface area (Å²) in [5, 5.41) is 10.6. The van der Waals surface area contributed by atoms with Gasteiger partial charge in [-0.15, -0.1) is 0 Å². The fourth-order valence-electron chi connectivity index (χ4n) is 2.68. The number of benzene rings is 1. The van der Waals surface area contributed by atoms with Crippen LogP contribution in [0.1, 0.15) is 35.3 Å². The highest BCUT2D eigenvalue weighted by Crippen LogP contribution is 2.41. The maximum atomic E-state index is 10.6. The normalized spacial score (nSPS) is 19.6. The lowest BCUT2D eigenvalue weighted by Crippen LogP contribution is -2.10. The standard InChI is InChI=1S/C15H14INO/c16-13-6-2-1-5-11(13)15(18)12-8-7-10-4-3-9-17-14(10)12/h1-6,9,12,15,18H,7-8H2. The minimum Gasteiger partial charge on any atom is -0.388 e. The number of aromatic nitrogens is 1. The highest BCUT2D eigenvalue weighted by molar-refractivity contribution is 14.1. The highest BCUT2D eigenvalue weighted by atomic mass is 127. The molecule has 18 heavy (non-hydrogen) atoms. The maximum absolute atomic E-state index is 10.6. The Labute approximate surface area is 120 Å². The van der Waals surface area contributed by atoms with E-state index in [2.05, 4.69) is 33.6 Å². The molecule has 3 heteroatoms. The Morgan fingerprint density at radius 3 is 2.89 bits per heavy atom. The van der Waals surface area contributed by atoms with Crippen molar-refractivity contribution in [2.75, 3.05) is 0 Å². The van der Waals surface area contributed by atoms with Crippen molar-refractivity contribution in [1.29, 1.82) is 0 Å². The first-order valence-electron chi connectivity index (χ1n) is 6.13. The first-order valence-corrected chi connectivity index (χ1v) is 7.21. The topological polar surface area (TPSA) is 33.1 Å². The average molecular weight is 351 g/mol. The van der Waals surface area contributed by atoms with Crippen molar-refractivity contribution in [3.63, 3.8) is 0 Å². The molecule has 1 aliphatic carbocycles. The second-order valence-electron chi connectivity index (χ2n) is 4.66. The molecule has 2 atom stereocenters. The molecule has 1 aliphatic rings. The van der Waals surface area contributed by atoms with E-state index in [4.69, 9.17) is 0 Å². The lowest BCUT2D eigenvalue weighted by atomic mass is 9.93. The monoisotopic (exact) mass is 351 g/mol. The minimum atomic E-state index is -0.450. The van der Waals surface area contributed by atoms with Gasteiger partial charge in [0, 0.05) is 21.4 Å². The Kier molecular flexibility index (Phi) is 3.35. The summed E-state index contributed by atoms with van der Waals surface area (Å²) in [4.78, 5) is 4.45. The number of fused-ring (bicyclic) bond motifs is 1. The predicted molar refractivity (Wildman–Crippen MR) is 79.4 cm³/mol. The van der Waals surface area contributed by atoms with Gasteiger partial charge in [-0.3, -0.25) is 4.98 Å². The summed E-state index contributed by atoms with van der Waals surface area (Å²) in [5.41, 5.74) is 3.37. The number of pyridine rings is 1. The van der Waals surface area contributed by atoms with E-state index in [-0.39, 0.29) is 5.92 Å². The lowest BCUT2D eigenvalue weighted by Gasteiger charge is -2.19. The Morgan fingerprint density at radius 2 is 2.06 bits per heavy atom. The van der Waals surface area contributed by atoms with E-state index < -0.39 is 6.10 Å². The zero-order valence-electron chi connectivity index (χ0n) is 9.88. The van der Waals surface area contributed by atoms with Gasteiger partial charge in [-0.05, 0) is 58.7 Å². The third-order valence-corrected chi connectivity index (χ3v) is 4.59. The number of nitrogens with zero attached hydrogens (tertiary/aromatic N) is 1. The number of aliphatic hydroxyl groups is 1. The molecule has 1 N–H and O–H groups in total. The molecule has 0 spiro atoms. The van der Waals surface area contributed by atoms with Gasteiger partial charge in [-0.1, -0.05) is 24.3 Å². The molecule has 3 rings (SSSR count). The van der Waals surface area contributed by atoms with E-state index in [1.807, 2.05) is 36.5 Å². The zero-order chi connectivity index (χ0) is 12.5. The third kappa shape index (κ3) is 2.06. The molecule has 0 radical (unpaired) electrons. The molecule has 2 nitrogen and oxygen atoms in total. The van der Waals surface area contributed by atoms with Crippen molar-refractivity contribution in [3.8, 4) is 0 Å². The van der Waals surface area contributed by atoms with Gasteiger partial charge in [0.25, 0.3) is 0 Å². The number of aliphatic hydroxyl groups excluding tert-OH is 1. The molecule has 0 saturated heterocycles. The van der Waals surface area contributed by atoms with Gasteiger partial charge in [0.1, 0.15) is 0 Å². The number of halogens is 1. The van der Waals surface area contributed by atoms with Crippen molar-refractivity contribution >= 4 is 22.6 Å². The molecule has 2 aromatic rings. The number of hydrogen-bond acceptors (Lipinski definition) is 2. The van der Waals surface area contributed by atoms with Crippen molar-refractivity contribution in [2.45, 2.75) is 24.9 Å². The predicted octanol–water partition coefficient (Wildman–Crippen LogP) is 3.45. The number of aryl methyl sites for hydroxylation is 1. The van der Waals surface area contributed by atoms with Crippen molar-refractivity contribution in [2.24, 2.45) is 0 Å². The van der Waals surface area contributed by atoms with Gasteiger partial charge in [-0.25, -0.2) is 0 Å². The molecular weight excluding hydrogens is 337 g/mol. The van der Waals surface area contributed by atoms with Crippen LogP contribution in [0.25, 0.3) is 0 Å². The van der Waals surface area contributed by atoms with Crippen LogP contribution in [-0.2, 0) is 6.42 Å². The molecule has 2 unspecified atom stereocenters. The van der Waals surface area contributed by atoms with E-state index >= 15 is 0 Å². The molecule has 92 valence electrons. The summed E-state index contributed by atoms with van der Waals surface area (Å²) in [7, 11) is 0. The van der Waals surface area contributed by atoms with Crippen LogP contribution >= 0.6 is 22.6 Å². The van der Waals surface area contributed by atoms with Gasteiger partial charge in [0.15, 0.2) is 0 Å². The van der Waals surface area contributed by atoms with Gasteiger partial charge < -0.3 is 5.11 Å². The fraction of sp³-hybridized carbons (Fsp3) is 0.267. The van der Waals surface area contributed by atoms with Crippen LogP contribution in [0.4, 0.5) is 0 Å². The van der Waals surface area contributed by atoms with E-state index in [1.165, 1.54) is 5.56 Å². The molecule has 0 aliphatic heterocycles. The fourth-order valence-corrected chi connectivity index (χ4v) is 3.39. The van der Waals surface area contributed by atoms with E-state index in [0.717, 1.165) is 27.7 Å². The molecular formula is C15H14INO. The quantitative estimate of drug-likeness (QED) is 0.841. The van der Waals surface area contributed by atoms with Crippen LogP contribution in [0.5, 0.6) is 0 Å². The summed E-state index contributed by atoms with van der Waals surface area (Å²) in [6.07, 6.45) is 3.38. The summed E-state index contributed by atoms with van der Waals surface area (Å²) in [6, 6.07) is 12.1. The largest absolute Gasteiger partial charge is 0.388 e. The van der Waals surface area contributed by atoms with E-state index in [0.29, 0.717) is 0 Å². The van der Waals surface area contributed by atoms with Gasteiger partial charge in [0.05, 0.1) is 6.10 Å². The molecule has 0 amide bonds. The molecule has 1 heterocycles. The van der Waals surface area contributed by atoms with Crippen LogP contribution < -0.4 is 0 Å². The van der Waals surface area contributed by atoms with Crippen LogP contribution in [0.15, 0.2) is 42.6 Å². The third-order valence-electron chi connectivity index (χ3n) is 3.61. The van der Waals surface area contributed by atoms with Crippen LogP contribution in [0.2, 0.25) is 0 Å². The van der Waals surface area contributed by atoms with E-state index in [1.54, 1.807) is 0 Å². The molecule has 0 bridgehead atoms. The van der Waals surface area contributed by atoms with Crippen LogP contribution in [-0.4, -0.2) is 10.1 Å². The minimum absolute atomic E-state index is 0.136. The second-order valence-corrected chi connectivity index (χ2v) is 5.82. The molecule has 0 saturated carbocycles. The molecule has 1 aromatic heterocycles. The lowest BCUT2D eigenvalue weighted by molar-refractivity contribution is 0.142. The van der Waals surface area contributed by atoms with Crippen molar-refractivity contribution < 1.29 is 5.11 Å². The Morgan fingerprint density at radius 1 is 1.22 bits per heavy atom. The van der Waals surface area contributed by atoms with E-state index in [9.17, 15) is 5.11 Å². The number of rotatable bonds is 2. The summed E-state index contributed by atoms with van der Waals surface area (Å²) in [6.45, 7) is 0. The summed E-state index contributed by atoms with van der Waals surface area (Å²) < 4.78 is 1.12. The Hall–Kier alpha value is -0.940. The van der Waals surface area contributed by atoms with Crippen LogP contribution in [0, 0.1) is 3.57 Å². The van der Waals surface area contributed by atoms with Crippen LogP contribution in [0.3, 0.4) is 0 Å². The second kappa shape index (κ2) is 4.97. The first-order chi connectivity index (χ1) is 8.77. The Bertz CT molecular complexity index is 570. The van der Waals surface area contributed by atoms with Gasteiger partial charge >= 0.3 is 0 Å². The first kappa shape index (κ1) is 12.1. The average Bonchev–Trinajstić information content (AvgIpc) is 2.82. The SMILES string of the molecule is OC(c1ccccc1I)C1CCc2cccnc21. The molecule has 1 aromatic carbocycles. The number of hydrogen-bond donors (Lipinski definition) is 1. The van der Waals surface area contributed by atoms with Gasteiger partial charge in [-0.2, -0.15) is 0 Å². The zero-order valence-corrected chi connectivity index (χ0v) is 12.0. The summed E-state index contributed by atoms with van der Waals surface area (Å²) >= 11 is 2.28. The summed E-state index contributed by atoms with van der Waals surface area (Å²) in [5.74, 6) is 0.136. The smallest absolute Gasteiger partial charge is 0.0884 e. The van der Waals surface area contributed by atoms with Gasteiger partial charge in [0.2, 0.25) is 0 Å². The maximum Gasteiger partial charge on any atom is 0.0884 e. The molecule has 0 fully saturated rings.